The number of benzene rings is 2. The van der Waals surface area contributed by atoms with Crippen molar-refractivity contribution in [1.29, 1.82) is 0 Å². The first-order chi connectivity index (χ1) is 17.8. The number of hydrogen-bond donors (Lipinski definition) is 2. The van der Waals surface area contributed by atoms with Crippen LogP contribution in [0.3, 0.4) is 0 Å². The highest BCUT2D eigenvalue weighted by molar-refractivity contribution is 6.06. The van der Waals surface area contributed by atoms with Crippen molar-refractivity contribution in [2.24, 2.45) is 0 Å². The van der Waals surface area contributed by atoms with Crippen LogP contribution in [0.2, 0.25) is 0 Å². The number of ether oxygens (including phenoxy) is 3. The molecule has 2 aromatic carbocycles. The Morgan fingerprint density at radius 2 is 1.92 bits per heavy atom. The van der Waals surface area contributed by atoms with Gasteiger partial charge < -0.3 is 34.2 Å². The summed E-state index contributed by atoms with van der Waals surface area (Å²) in [4.78, 5) is 41.0. The molecule has 1 aliphatic heterocycles. The highest BCUT2D eigenvalue weighted by Crippen LogP contribution is 2.38. The molecule has 0 fully saturated rings. The van der Waals surface area contributed by atoms with Gasteiger partial charge in [0.2, 0.25) is 11.7 Å². The Balaban J connectivity index is 1.65. The van der Waals surface area contributed by atoms with E-state index in [0.717, 1.165) is 5.56 Å². The zero-order valence-electron chi connectivity index (χ0n) is 21.4. The summed E-state index contributed by atoms with van der Waals surface area (Å²) in [5.41, 5.74) is 0.194. The summed E-state index contributed by atoms with van der Waals surface area (Å²) < 4.78 is 22.6. The van der Waals surface area contributed by atoms with Crippen molar-refractivity contribution in [3.63, 3.8) is 0 Å². The number of para-hydroxylation sites is 1. The molecule has 0 bridgehead atoms. The Kier molecular flexibility index (Phi) is 7.68. The quantitative estimate of drug-likeness (QED) is 0.455. The molecule has 1 aromatic heterocycles. The number of furan rings is 1. The number of fused-ring (bicyclic) bond motifs is 3. The monoisotopic (exact) mass is 509 g/mol. The van der Waals surface area contributed by atoms with Gasteiger partial charge in [-0.1, -0.05) is 18.2 Å². The first-order valence-electron chi connectivity index (χ1n) is 12.0. The molecule has 3 aromatic rings. The molecule has 4 rings (SSSR count). The van der Waals surface area contributed by atoms with E-state index < -0.39 is 17.4 Å². The van der Waals surface area contributed by atoms with Crippen molar-refractivity contribution in [1.82, 2.24) is 15.5 Å². The Hall–Kier alpha value is -4.05. The smallest absolute Gasteiger partial charge is 0.294 e. The van der Waals surface area contributed by atoms with Gasteiger partial charge in [0.25, 0.3) is 11.8 Å². The van der Waals surface area contributed by atoms with Crippen molar-refractivity contribution in [3.05, 3.63) is 59.4 Å². The second-order valence-electron chi connectivity index (χ2n) is 8.84. The van der Waals surface area contributed by atoms with Crippen molar-refractivity contribution in [2.75, 3.05) is 40.5 Å². The summed E-state index contributed by atoms with van der Waals surface area (Å²) >= 11 is 0. The molecular formula is C27H31N3O7. The summed E-state index contributed by atoms with van der Waals surface area (Å²) in [7, 11) is 3.09. The third kappa shape index (κ3) is 4.97. The molecule has 1 atom stereocenters. The lowest BCUT2D eigenvalue weighted by molar-refractivity contribution is -0.133. The van der Waals surface area contributed by atoms with Crippen LogP contribution in [0.25, 0.3) is 11.0 Å². The van der Waals surface area contributed by atoms with E-state index in [2.05, 4.69) is 10.6 Å². The van der Waals surface area contributed by atoms with Crippen LogP contribution in [0.5, 0.6) is 11.5 Å². The van der Waals surface area contributed by atoms with Gasteiger partial charge in [-0.25, -0.2) is 0 Å². The second-order valence-corrected chi connectivity index (χ2v) is 8.84. The standard InChI is InChI=1S/C27H31N3O7/c1-5-28-24(31)17-10-11-19-21(14-17)37-23-22(19)36-16-27(2,30(25(23)32)12-13-34-3)26(33)29-15-18-8-6-7-9-20(18)35-4/h6-11,14H,5,12-13,15-16H2,1-4H3,(H,28,31)(H,29,33). The normalized spacial score (nSPS) is 17.1. The summed E-state index contributed by atoms with van der Waals surface area (Å²) in [6.07, 6.45) is 0. The summed E-state index contributed by atoms with van der Waals surface area (Å²) in [6, 6.07) is 12.3. The maximum atomic E-state index is 13.7. The van der Waals surface area contributed by atoms with Crippen LogP contribution in [-0.2, 0) is 16.1 Å². The molecule has 0 saturated carbocycles. The minimum atomic E-state index is -1.35. The van der Waals surface area contributed by atoms with Gasteiger partial charge in [0, 0.05) is 37.9 Å². The van der Waals surface area contributed by atoms with E-state index in [0.29, 0.717) is 28.8 Å². The first-order valence-corrected chi connectivity index (χ1v) is 12.0. The second kappa shape index (κ2) is 10.9. The van der Waals surface area contributed by atoms with Gasteiger partial charge in [0.1, 0.15) is 17.9 Å². The molecule has 0 spiro atoms. The van der Waals surface area contributed by atoms with Crippen molar-refractivity contribution in [2.45, 2.75) is 25.9 Å². The highest BCUT2D eigenvalue weighted by Gasteiger charge is 2.47. The lowest BCUT2D eigenvalue weighted by atomic mass is 9.99. The largest absolute Gasteiger partial charge is 0.496 e. The average molecular weight is 510 g/mol. The molecule has 37 heavy (non-hydrogen) atoms. The average Bonchev–Trinajstić information content (AvgIpc) is 3.24. The van der Waals surface area contributed by atoms with Gasteiger partial charge in [-0.15, -0.1) is 0 Å². The summed E-state index contributed by atoms with van der Waals surface area (Å²) in [5.74, 6) is -0.281. The van der Waals surface area contributed by atoms with Crippen molar-refractivity contribution >= 4 is 28.7 Å². The minimum Gasteiger partial charge on any atom is -0.496 e. The van der Waals surface area contributed by atoms with E-state index in [1.165, 1.54) is 12.0 Å². The molecule has 0 radical (unpaired) electrons. The molecule has 196 valence electrons. The van der Waals surface area contributed by atoms with Gasteiger partial charge in [-0.05, 0) is 38.1 Å². The van der Waals surface area contributed by atoms with Crippen LogP contribution in [0, 0.1) is 0 Å². The topological polar surface area (TPSA) is 119 Å². The number of nitrogens with zero attached hydrogens (tertiary/aromatic N) is 1. The number of carbonyl (C=O) groups is 3. The molecule has 2 N–H and O–H groups in total. The zero-order valence-corrected chi connectivity index (χ0v) is 21.4. The Bertz CT molecular complexity index is 1320. The van der Waals surface area contributed by atoms with Gasteiger partial charge in [0.05, 0.1) is 19.1 Å². The van der Waals surface area contributed by atoms with Gasteiger partial charge in [0.15, 0.2) is 11.3 Å². The number of nitrogens with one attached hydrogen (secondary N) is 2. The van der Waals surface area contributed by atoms with Crippen LogP contribution >= 0.6 is 0 Å². The molecule has 2 heterocycles. The predicted octanol–water partition coefficient (Wildman–Crippen LogP) is 2.75. The highest BCUT2D eigenvalue weighted by atomic mass is 16.5. The molecule has 0 saturated heterocycles. The zero-order chi connectivity index (χ0) is 26.6. The molecule has 10 heteroatoms. The van der Waals surface area contributed by atoms with E-state index in [1.54, 1.807) is 32.2 Å². The van der Waals surface area contributed by atoms with Gasteiger partial charge >= 0.3 is 0 Å². The third-order valence-corrected chi connectivity index (χ3v) is 6.42. The maximum absolute atomic E-state index is 13.7. The van der Waals surface area contributed by atoms with E-state index in [9.17, 15) is 14.4 Å². The maximum Gasteiger partial charge on any atom is 0.294 e. The summed E-state index contributed by atoms with van der Waals surface area (Å²) in [6.45, 7) is 4.41. The van der Waals surface area contributed by atoms with Crippen LogP contribution in [0.4, 0.5) is 0 Å². The van der Waals surface area contributed by atoms with E-state index in [1.807, 2.05) is 31.2 Å². The molecule has 0 aliphatic carbocycles. The van der Waals surface area contributed by atoms with Gasteiger partial charge in [-0.2, -0.15) is 0 Å². The van der Waals surface area contributed by atoms with Crippen LogP contribution in [0.15, 0.2) is 46.9 Å². The lowest BCUT2D eigenvalue weighted by Gasteiger charge is -2.37. The number of amides is 3. The number of carbonyl (C=O) groups excluding carboxylic acids is 3. The van der Waals surface area contributed by atoms with Crippen molar-refractivity contribution < 1.29 is 33.0 Å². The lowest BCUT2D eigenvalue weighted by Crippen LogP contribution is -2.61. The van der Waals surface area contributed by atoms with Crippen molar-refractivity contribution in [3.8, 4) is 11.5 Å². The number of rotatable bonds is 9. The molecule has 1 unspecified atom stereocenters. The SMILES string of the molecule is CCNC(=O)c1ccc2c3c(oc2c1)C(=O)N(CCOC)C(C)(C(=O)NCc1ccccc1OC)CO3. The number of methoxy groups -OCH3 is 2. The van der Waals surface area contributed by atoms with Crippen LogP contribution < -0.4 is 20.1 Å². The van der Waals surface area contributed by atoms with E-state index in [-0.39, 0.29) is 43.7 Å². The van der Waals surface area contributed by atoms with E-state index >= 15 is 0 Å². The summed E-state index contributed by atoms with van der Waals surface area (Å²) in [5, 5.41) is 6.20. The van der Waals surface area contributed by atoms with E-state index in [4.69, 9.17) is 18.6 Å². The third-order valence-electron chi connectivity index (χ3n) is 6.42. The fourth-order valence-corrected chi connectivity index (χ4v) is 4.33. The Labute approximate surface area is 214 Å². The molecule has 1 aliphatic rings. The Morgan fingerprint density at radius 1 is 1.14 bits per heavy atom. The first kappa shape index (κ1) is 26.0. The molecule has 3 amide bonds. The fraction of sp³-hybridized carbons (Fsp3) is 0.370. The number of hydrogen-bond acceptors (Lipinski definition) is 7. The predicted molar refractivity (Wildman–Crippen MR) is 136 cm³/mol. The Morgan fingerprint density at radius 3 is 2.65 bits per heavy atom. The molecular weight excluding hydrogens is 478 g/mol. The fourth-order valence-electron chi connectivity index (χ4n) is 4.33. The van der Waals surface area contributed by atoms with Gasteiger partial charge in [-0.3, -0.25) is 14.4 Å². The minimum absolute atomic E-state index is 0.0274. The van der Waals surface area contributed by atoms with Crippen LogP contribution in [0.1, 0.15) is 40.3 Å². The van der Waals surface area contributed by atoms with Crippen LogP contribution in [-0.4, -0.2) is 68.7 Å². The molecule has 10 nitrogen and oxygen atoms in total.